The van der Waals surface area contributed by atoms with E-state index in [4.69, 9.17) is 4.74 Å². The van der Waals surface area contributed by atoms with Gasteiger partial charge in [-0.1, -0.05) is 36.4 Å². The fourth-order valence-corrected chi connectivity index (χ4v) is 3.73. The summed E-state index contributed by atoms with van der Waals surface area (Å²) in [7, 11) is 1.17. The second kappa shape index (κ2) is 10.1. The van der Waals surface area contributed by atoms with Crippen LogP contribution in [0.2, 0.25) is 0 Å². The SMILES string of the molecule is CCNC(=NCc1ccccc1OC)NCc1ccccc1S(=O)(=O)N(C)C. The summed E-state index contributed by atoms with van der Waals surface area (Å²) in [5.74, 6) is 1.38. The van der Waals surface area contributed by atoms with Crippen LogP contribution in [-0.4, -0.2) is 46.4 Å². The van der Waals surface area contributed by atoms with Crippen molar-refractivity contribution in [2.45, 2.75) is 24.9 Å². The van der Waals surface area contributed by atoms with Crippen LogP contribution in [0.1, 0.15) is 18.1 Å². The van der Waals surface area contributed by atoms with Gasteiger partial charge in [0, 0.05) is 32.7 Å². The number of nitrogens with one attached hydrogen (secondary N) is 2. The number of benzene rings is 2. The zero-order valence-electron chi connectivity index (χ0n) is 16.8. The van der Waals surface area contributed by atoms with Crippen LogP contribution in [-0.2, 0) is 23.1 Å². The first-order chi connectivity index (χ1) is 13.4. The Balaban J connectivity index is 2.18. The van der Waals surface area contributed by atoms with Crippen molar-refractivity contribution in [3.63, 3.8) is 0 Å². The molecule has 2 N–H and O–H groups in total. The molecule has 0 radical (unpaired) electrons. The standard InChI is InChI=1S/C20H28N4O3S/c1-5-21-20(22-14-16-10-6-8-12-18(16)27-4)23-15-17-11-7-9-13-19(17)28(25,26)24(2)3/h6-13H,5,14-15H2,1-4H3,(H2,21,22,23). The van der Waals surface area contributed by atoms with Crippen LogP contribution in [0.25, 0.3) is 0 Å². The summed E-state index contributed by atoms with van der Waals surface area (Å²) in [6.07, 6.45) is 0. The Labute approximate surface area is 167 Å². The molecule has 0 heterocycles. The van der Waals surface area contributed by atoms with Gasteiger partial charge in [0.05, 0.1) is 18.6 Å². The van der Waals surface area contributed by atoms with E-state index in [0.29, 0.717) is 31.2 Å². The molecule has 152 valence electrons. The van der Waals surface area contributed by atoms with Gasteiger partial charge in [0.1, 0.15) is 5.75 Å². The molecule has 0 atom stereocenters. The lowest BCUT2D eigenvalue weighted by molar-refractivity contribution is 0.410. The number of methoxy groups -OCH3 is 1. The molecule has 0 aliphatic carbocycles. The molecular weight excluding hydrogens is 376 g/mol. The van der Waals surface area contributed by atoms with Gasteiger partial charge in [0.15, 0.2) is 5.96 Å². The highest BCUT2D eigenvalue weighted by atomic mass is 32.2. The van der Waals surface area contributed by atoms with Gasteiger partial charge < -0.3 is 15.4 Å². The van der Waals surface area contributed by atoms with Crippen LogP contribution in [0.4, 0.5) is 0 Å². The van der Waals surface area contributed by atoms with Gasteiger partial charge in [-0.3, -0.25) is 0 Å². The zero-order valence-corrected chi connectivity index (χ0v) is 17.6. The second-order valence-electron chi connectivity index (χ2n) is 6.26. The Hall–Kier alpha value is -2.58. The van der Waals surface area contributed by atoms with Crippen LogP contribution < -0.4 is 15.4 Å². The minimum absolute atomic E-state index is 0.285. The van der Waals surface area contributed by atoms with Crippen molar-refractivity contribution in [3.05, 3.63) is 59.7 Å². The first-order valence-corrected chi connectivity index (χ1v) is 10.5. The summed E-state index contributed by atoms with van der Waals surface area (Å²) in [6.45, 7) is 3.44. The molecule has 0 aliphatic rings. The maximum atomic E-state index is 12.5. The molecule has 0 aromatic heterocycles. The van der Waals surface area contributed by atoms with Crippen molar-refractivity contribution in [2.24, 2.45) is 4.99 Å². The van der Waals surface area contributed by atoms with Gasteiger partial charge in [0.25, 0.3) is 0 Å². The maximum Gasteiger partial charge on any atom is 0.242 e. The van der Waals surface area contributed by atoms with Crippen molar-refractivity contribution < 1.29 is 13.2 Å². The third-order valence-electron chi connectivity index (χ3n) is 4.12. The minimum atomic E-state index is -3.52. The van der Waals surface area contributed by atoms with E-state index >= 15 is 0 Å². The number of aliphatic imine (C=N–C) groups is 1. The molecule has 2 aromatic carbocycles. The number of guanidine groups is 1. The lowest BCUT2D eigenvalue weighted by atomic mass is 10.2. The van der Waals surface area contributed by atoms with Gasteiger partial charge in [-0.15, -0.1) is 0 Å². The van der Waals surface area contributed by atoms with Crippen molar-refractivity contribution in [1.29, 1.82) is 0 Å². The van der Waals surface area contributed by atoms with E-state index in [1.165, 1.54) is 18.4 Å². The quantitative estimate of drug-likeness (QED) is 0.521. The normalized spacial score (nSPS) is 12.1. The number of rotatable bonds is 8. The topological polar surface area (TPSA) is 83.0 Å². The molecule has 28 heavy (non-hydrogen) atoms. The molecule has 2 rings (SSSR count). The number of nitrogens with zero attached hydrogens (tertiary/aromatic N) is 2. The average Bonchev–Trinajstić information content (AvgIpc) is 2.70. The summed E-state index contributed by atoms with van der Waals surface area (Å²) < 4.78 is 31.7. The van der Waals surface area contributed by atoms with Gasteiger partial charge >= 0.3 is 0 Å². The van der Waals surface area contributed by atoms with Gasteiger partial charge in [0.2, 0.25) is 10.0 Å². The van der Waals surface area contributed by atoms with E-state index in [1.807, 2.05) is 37.3 Å². The van der Waals surface area contributed by atoms with Crippen molar-refractivity contribution in [1.82, 2.24) is 14.9 Å². The molecule has 0 saturated carbocycles. The molecule has 2 aromatic rings. The van der Waals surface area contributed by atoms with Crippen LogP contribution in [0.3, 0.4) is 0 Å². The summed E-state index contributed by atoms with van der Waals surface area (Å²) in [5.41, 5.74) is 1.65. The Morgan fingerprint density at radius 1 is 1.04 bits per heavy atom. The number of ether oxygens (including phenoxy) is 1. The molecule has 0 amide bonds. The Morgan fingerprint density at radius 2 is 1.68 bits per heavy atom. The summed E-state index contributed by atoms with van der Waals surface area (Å²) in [4.78, 5) is 4.87. The molecule has 0 bridgehead atoms. The van der Waals surface area contributed by atoms with E-state index in [2.05, 4.69) is 15.6 Å². The third kappa shape index (κ3) is 5.46. The van der Waals surface area contributed by atoms with Gasteiger partial charge in [-0.25, -0.2) is 17.7 Å². The fraction of sp³-hybridized carbons (Fsp3) is 0.350. The third-order valence-corrected chi connectivity index (χ3v) is 6.04. The Bertz CT molecular complexity index is 911. The Morgan fingerprint density at radius 3 is 2.32 bits per heavy atom. The van der Waals surface area contributed by atoms with Crippen LogP contribution in [0.5, 0.6) is 5.75 Å². The molecule has 0 unspecified atom stereocenters. The first-order valence-electron chi connectivity index (χ1n) is 9.04. The Kier molecular flexibility index (Phi) is 7.83. The molecule has 0 aliphatic heterocycles. The lowest BCUT2D eigenvalue weighted by Gasteiger charge is -2.17. The largest absolute Gasteiger partial charge is 0.496 e. The van der Waals surface area contributed by atoms with Crippen LogP contribution >= 0.6 is 0 Å². The second-order valence-corrected chi connectivity index (χ2v) is 8.38. The minimum Gasteiger partial charge on any atom is -0.496 e. The highest BCUT2D eigenvalue weighted by molar-refractivity contribution is 7.89. The molecule has 0 saturated heterocycles. The summed E-state index contributed by atoms with van der Waals surface area (Å²) >= 11 is 0. The van der Waals surface area contributed by atoms with Gasteiger partial charge in [-0.2, -0.15) is 0 Å². The van der Waals surface area contributed by atoms with Crippen molar-refractivity contribution in [3.8, 4) is 5.75 Å². The summed E-state index contributed by atoms with van der Waals surface area (Å²) in [5, 5.41) is 6.39. The number of sulfonamides is 1. The highest BCUT2D eigenvalue weighted by Gasteiger charge is 2.20. The van der Waals surface area contributed by atoms with E-state index < -0.39 is 10.0 Å². The van der Waals surface area contributed by atoms with Crippen molar-refractivity contribution in [2.75, 3.05) is 27.7 Å². The first kappa shape index (κ1) is 21.7. The highest BCUT2D eigenvalue weighted by Crippen LogP contribution is 2.19. The monoisotopic (exact) mass is 404 g/mol. The summed E-state index contributed by atoms with van der Waals surface area (Å²) in [6, 6.07) is 14.7. The predicted octanol–water partition coefficient (Wildman–Crippen LogP) is 2.20. The number of hydrogen-bond donors (Lipinski definition) is 2. The molecule has 0 fully saturated rings. The maximum absolute atomic E-state index is 12.5. The van der Waals surface area contributed by atoms with Crippen LogP contribution in [0.15, 0.2) is 58.4 Å². The van der Waals surface area contributed by atoms with Gasteiger partial charge in [-0.05, 0) is 24.6 Å². The molecule has 7 nitrogen and oxygen atoms in total. The average molecular weight is 405 g/mol. The smallest absolute Gasteiger partial charge is 0.242 e. The number of para-hydroxylation sites is 1. The fourth-order valence-electron chi connectivity index (χ4n) is 2.62. The van der Waals surface area contributed by atoms with E-state index in [-0.39, 0.29) is 4.90 Å². The van der Waals surface area contributed by atoms with Crippen molar-refractivity contribution >= 4 is 16.0 Å². The predicted molar refractivity (Wildman–Crippen MR) is 112 cm³/mol. The molecular formula is C20H28N4O3S. The van der Waals surface area contributed by atoms with E-state index in [1.54, 1.807) is 25.3 Å². The van der Waals surface area contributed by atoms with E-state index in [0.717, 1.165) is 11.3 Å². The molecule has 8 heteroatoms. The van der Waals surface area contributed by atoms with E-state index in [9.17, 15) is 8.42 Å². The van der Waals surface area contributed by atoms with Crippen LogP contribution in [0, 0.1) is 0 Å². The number of hydrogen-bond acceptors (Lipinski definition) is 4. The zero-order chi connectivity index (χ0) is 20.6. The molecule has 0 spiro atoms. The lowest BCUT2D eigenvalue weighted by Crippen LogP contribution is -2.37.